The van der Waals surface area contributed by atoms with Crippen molar-refractivity contribution in [2.45, 2.75) is 44.2 Å². The highest BCUT2D eigenvalue weighted by Gasteiger charge is 2.23. The Kier molecular flexibility index (Phi) is 4.21. The van der Waals surface area contributed by atoms with Crippen LogP contribution in [0.3, 0.4) is 0 Å². The summed E-state index contributed by atoms with van der Waals surface area (Å²) in [6.45, 7) is 1.72. The molecular formula is C16H22N2O2. The number of ether oxygens (including phenoxy) is 1. The minimum atomic E-state index is 0.193. The molecule has 1 atom stereocenters. The zero-order valence-electron chi connectivity index (χ0n) is 11.7. The highest BCUT2D eigenvalue weighted by molar-refractivity contribution is 5.76. The van der Waals surface area contributed by atoms with E-state index in [1.165, 1.54) is 5.56 Å². The summed E-state index contributed by atoms with van der Waals surface area (Å²) in [7, 11) is 0. The van der Waals surface area contributed by atoms with Crippen LogP contribution >= 0.6 is 0 Å². The van der Waals surface area contributed by atoms with Crippen molar-refractivity contribution in [3.63, 3.8) is 0 Å². The van der Waals surface area contributed by atoms with Crippen LogP contribution in [0.2, 0.25) is 0 Å². The van der Waals surface area contributed by atoms with Crippen LogP contribution in [-0.2, 0) is 11.2 Å². The summed E-state index contributed by atoms with van der Waals surface area (Å²) >= 11 is 0. The fourth-order valence-corrected chi connectivity index (χ4v) is 2.53. The van der Waals surface area contributed by atoms with Crippen molar-refractivity contribution < 1.29 is 9.53 Å². The Morgan fingerprint density at radius 1 is 1.30 bits per heavy atom. The van der Waals surface area contributed by atoms with E-state index in [0.29, 0.717) is 12.5 Å². The van der Waals surface area contributed by atoms with Crippen LogP contribution < -0.4 is 15.4 Å². The van der Waals surface area contributed by atoms with Crippen molar-refractivity contribution in [2.75, 3.05) is 13.1 Å². The lowest BCUT2D eigenvalue weighted by molar-refractivity contribution is -0.121. The van der Waals surface area contributed by atoms with E-state index in [4.69, 9.17) is 4.74 Å². The van der Waals surface area contributed by atoms with Crippen LogP contribution in [0.4, 0.5) is 0 Å². The molecule has 1 aromatic rings. The van der Waals surface area contributed by atoms with Gasteiger partial charge in [0.05, 0.1) is 0 Å². The fourth-order valence-electron chi connectivity index (χ4n) is 2.53. The molecule has 0 aromatic heterocycles. The van der Waals surface area contributed by atoms with Crippen molar-refractivity contribution in [3.8, 4) is 5.75 Å². The highest BCUT2D eigenvalue weighted by atomic mass is 16.5. The van der Waals surface area contributed by atoms with E-state index in [2.05, 4.69) is 22.8 Å². The first kappa shape index (κ1) is 13.4. The van der Waals surface area contributed by atoms with Gasteiger partial charge >= 0.3 is 0 Å². The third-order valence-corrected chi connectivity index (χ3v) is 3.79. The number of nitrogens with one attached hydrogen (secondary N) is 2. The number of fused-ring (bicyclic) bond motifs is 1. The zero-order chi connectivity index (χ0) is 13.8. The van der Waals surface area contributed by atoms with E-state index in [-0.39, 0.29) is 12.0 Å². The van der Waals surface area contributed by atoms with Gasteiger partial charge in [-0.05, 0) is 37.4 Å². The van der Waals surface area contributed by atoms with Gasteiger partial charge in [-0.15, -0.1) is 0 Å². The van der Waals surface area contributed by atoms with E-state index in [0.717, 1.165) is 44.5 Å². The number of hydrogen-bond acceptors (Lipinski definition) is 3. The van der Waals surface area contributed by atoms with Crippen LogP contribution in [0, 0.1) is 0 Å². The Bertz CT molecular complexity index is 446. The molecule has 1 saturated carbocycles. The minimum absolute atomic E-state index is 0.193. The molecule has 0 spiro atoms. The molecular weight excluding hydrogens is 252 g/mol. The maximum atomic E-state index is 11.5. The van der Waals surface area contributed by atoms with E-state index in [1.807, 2.05) is 12.1 Å². The molecule has 1 unspecified atom stereocenters. The predicted molar refractivity (Wildman–Crippen MR) is 77.8 cm³/mol. The number of para-hydroxylation sites is 1. The van der Waals surface area contributed by atoms with Gasteiger partial charge in [0.25, 0.3) is 0 Å². The normalized spacial score (nSPS) is 20.3. The third-order valence-electron chi connectivity index (χ3n) is 3.79. The summed E-state index contributed by atoms with van der Waals surface area (Å²) in [4.78, 5) is 11.5. The second-order valence-corrected chi connectivity index (χ2v) is 5.70. The lowest BCUT2D eigenvalue weighted by atomic mass is 10.1. The topological polar surface area (TPSA) is 50.4 Å². The SMILES string of the molecule is O=C(CCCNCC1Cc2ccccc2O1)NC1CC1. The monoisotopic (exact) mass is 274 g/mol. The van der Waals surface area contributed by atoms with E-state index >= 15 is 0 Å². The second kappa shape index (κ2) is 6.27. The first-order valence-electron chi connectivity index (χ1n) is 7.56. The van der Waals surface area contributed by atoms with E-state index < -0.39 is 0 Å². The number of carbonyl (C=O) groups excluding carboxylic acids is 1. The maximum Gasteiger partial charge on any atom is 0.220 e. The maximum absolute atomic E-state index is 11.5. The van der Waals surface area contributed by atoms with Gasteiger partial charge < -0.3 is 15.4 Å². The van der Waals surface area contributed by atoms with Gasteiger partial charge in [0.15, 0.2) is 0 Å². The number of amides is 1. The quantitative estimate of drug-likeness (QED) is 0.743. The third kappa shape index (κ3) is 3.73. The Balaban J connectivity index is 1.27. The average molecular weight is 274 g/mol. The molecule has 0 saturated heterocycles. The molecule has 1 aliphatic carbocycles. The van der Waals surface area contributed by atoms with Crippen molar-refractivity contribution in [1.82, 2.24) is 10.6 Å². The largest absolute Gasteiger partial charge is 0.488 e. The van der Waals surface area contributed by atoms with Gasteiger partial charge in [-0.3, -0.25) is 4.79 Å². The number of hydrogen-bond donors (Lipinski definition) is 2. The standard InChI is InChI=1S/C16H22N2O2/c19-16(18-13-7-8-13)6-3-9-17-11-14-10-12-4-1-2-5-15(12)20-14/h1-2,4-5,13-14,17H,3,6-11H2,(H,18,19). The molecule has 1 fully saturated rings. The highest BCUT2D eigenvalue weighted by Crippen LogP contribution is 2.27. The molecule has 0 bridgehead atoms. The number of benzene rings is 1. The minimum Gasteiger partial charge on any atom is -0.488 e. The molecule has 4 heteroatoms. The van der Waals surface area contributed by atoms with E-state index in [9.17, 15) is 4.79 Å². The lowest BCUT2D eigenvalue weighted by Gasteiger charge is -2.11. The summed E-state index contributed by atoms with van der Waals surface area (Å²) in [5.74, 6) is 1.21. The molecule has 1 heterocycles. The van der Waals surface area contributed by atoms with Gasteiger partial charge in [0.1, 0.15) is 11.9 Å². The van der Waals surface area contributed by atoms with Crippen molar-refractivity contribution >= 4 is 5.91 Å². The Hall–Kier alpha value is -1.55. The summed E-state index contributed by atoms with van der Waals surface area (Å²) in [5, 5.41) is 6.39. The summed E-state index contributed by atoms with van der Waals surface area (Å²) in [6.07, 6.45) is 5.03. The summed E-state index contributed by atoms with van der Waals surface area (Å²) in [6, 6.07) is 8.68. The molecule has 1 aromatic carbocycles. The predicted octanol–water partition coefficient (Wildman–Crippen LogP) is 1.64. The zero-order valence-corrected chi connectivity index (χ0v) is 11.7. The average Bonchev–Trinajstić information content (AvgIpc) is 3.15. The Labute approximate surface area is 119 Å². The molecule has 2 aliphatic rings. The molecule has 20 heavy (non-hydrogen) atoms. The summed E-state index contributed by atoms with van der Waals surface area (Å²) < 4.78 is 5.85. The molecule has 4 nitrogen and oxygen atoms in total. The van der Waals surface area contributed by atoms with Crippen molar-refractivity contribution in [1.29, 1.82) is 0 Å². The van der Waals surface area contributed by atoms with Crippen LogP contribution in [0.1, 0.15) is 31.2 Å². The summed E-state index contributed by atoms with van der Waals surface area (Å²) in [5.41, 5.74) is 1.29. The number of carbonyl (C=O) groups is 1. The first-order valence-corrected chi connectivity index (χ1v) is 7.56. The van der Waals surface area contributed by atoms with Gasteiger partial charge in [-0.2, -0.15) is 0 Å². The first-order chi connectivity index (χ1) is 9.81. The molecule has 3 rings (SSSR count). The molecule has 1 amide bonds. The van der Waals surface area contributed by atoms with Crippen LogP contribution in [-0.4, -0.2) is 31.1 Å². The van der Waals surface area contributed by atoms with Crippen LogP contribution in [0.25, 0.3) is 0 Å². The van der Waals surface area contributed by atoms with Gasteiger partial charge in [-0.1, -0.05) is 18.2 Å². The van der Waals surface area contributed by atoms with Gasteiger partial charge in [0.2, 0.25) is 5.91 Å². The molecule has 1 aliphatic heterocycles. The molecule has 2 N–H and O–H groups in total. The smallest absolute Gasteiger partial charge is 0.220 e. The van der Waals surface area contributed by atoms with Gasteiger partial charge in [0, 0.05) is 25.4 Å². The molecule has 108 valence electrons. The van der Waals surface area contributed by atoms with Crippen LogP contribution in [0.15, 0.2) is 24.3 Å². The number of rotatable bonds is 7. The van der Waals surface area contributed by atoms with Gasteiger partial charge in [-0.25, -0.2) is 0 Å². The van der Waals surface area contributed by atoms with Crippen molar-refractivity contribution in [2.24, 2.45) is 0 Å². The van der Waals surface area contributed by atoms with E-state index in [1.54, 1.807) is 0 Å². The second-order valence-electron chi connectivity index (χ2n) is 5.70. The Morgan fingerprint density at radius 3 is 2.95 bits per heavy atom. The molecule has 0 radical (unpaired) electrons. The fraction of sp³-hybridized carbons (Fsp3) is 0.562. The Morgan fingerprint density at radius 2 is 2.15 bits per heavy atom. The lowest BCUT2D eigenvalue weighted by Crippen LogP contribution is -2.31. The van der Waals surface area contributed by atoms with Crippen molar-refractivity contribution in [3.05, 3.63) is 29.8 Å². The van der Waals surface area contributed by atoms with Crippen LogP contribution in [0.5, 0.6) is 5.75 Å².